The molecule has 0 unspecified atom stereocenters. The molecule has 0 amide bonds. The van der Waals surface area contributed by atoms with Gasteiger partial charge in [-0.25, -0.2) is 4.98 Å². The Bertz CT molecular complexity index is 911. The zero-order valence-corrected chi connectivity index (χ0v) is 16.2. The molecule has 140 valence electrons. The number of pyridine rings is 1. The van der Waals surface area contributed by atoms with Gasteiger partial charge in [0.05, 0.1) is 5.69 Å². The van der Waals surface area contributed by atoms with Crippen molar-refractivity contribution in [3.8, 4) is 11.6 Å². The highest BCUT2D eigenvalue weighted by Gasteiger charge is 2.28. The molecule has 0 N–H and O–H groups in total. The van der Waals surface area contributed by atoms with E-state index in [2.05, 4.69) is 51.8 Å². The summed E-state index contributed by atoms with van der Waals surface area (Å²) in [6.45, 7) is 6.31. The third-order valence-electron chi connectivity index (χ3n) is 5.41. The molecule has 0 atom stereocenters. The van der Waals surface area contributed by atoms with Crippen molar-refractivity contribution in [2.45, 2.75) is 58.5 Å². The van der Waals surface area contributed by atoms with Crippen LogP contribution in [0.15, 0.2) is 42.6 Å². The lowest BCUT2D eigenvalue weighted by atomic mass is 9.86. The lowest BCUT2D eigenvalue weighted by Gasteiger charge is -2.28. The normalized spacial score (nSPS) is 19.8. The number of aryl methyl sites for hydroxylation is 3. The summed E-state index contributed by atoms with van der Waals surface area (Å²) in [5.41, 5.74) is 3.71. The lowest BCUT2D eigenvalue weighted by Crippen LogP contribution is -2.25. The molecule has 0 aliphatic heterocycles. The van der Waals surface area contributed by atoms with Crippen molar-refractivity contribution in [3.63, 3.8) is 0 Å². The Hall–Kier alpha value is -2.69. The van der Waals surface area contributed by atoms with Crippen LogP contribution in [0.25, 0.3) is 5.69 Å². The van der Waals surface area contributed by atoms with Gasteiger partial charge >= 0.3 is 0 Å². The second kappa shape index (κ2) is 7.51. The lowest BCUT2D eigenvalue weighted by molar-refractivity contribution is 0.139. The van der Waals surface area contributed by atoms with Gasteiger partial charge in [-0.05, 0) is 64.2 Å². The molecule has 0 bridgehead atoms. The molecule has 2 heterocycles. The second-order valence-electron chi connectivity index (χ2n) is 7.49. The van der Waals surface area contributed by atoms with Gasteiger partial charge in [-0.1, -0.05) is 23.8 Å². The van der Waals surface area contributed by atoms with Crippen molar-refractivity contribution in [1.29, 1.82) is 0 Å². The van der Waals surface area contributed by atoms with E-state index < -0.39 is 0 Å². The maximum absolute atomic E-state index is 6.04. The van der Waals surface area contributed by atoms with Crippen LogP contribution < -0.4 is 4.74 Å². The molecule has 0 saturated heterocycles. The predicted octanol–water partition coefficient (Wildman–Crippen LogP) is 4.69. The molecule has 27 heavy (non-hydrogen) atoms. The van der Waals surface area contributed by atoms with Crippen molar-refractivity contribution in [1.82, 2.24) is 19.7 Å². The summed E-state index contributed by atoms with van der Waals surface area (Å²) in [5.74, 6) is 3.16. The molecule has 1 aromatic carbocycles. The number of nitrogens with zero attached hydrogens (tertiary/aromatic N) is 4. The van der Waals surface area contributed by atoms with Gasteiger partial charge in [-0.2, -0.15) is 0 Å². The molecule has 0 radical (unpaired) electrons. The molecule has 4 rings (SSSR count). The summed E-state index contributed by atoms with van der Waals surface area (Å²) in [7, 11) is 0. The quantitative estimate of drug-likeness (QED) is 0.675. The molecular weight excluding hydrogens is 336 g/mol. The molecule has 1 saturated carbocycles. The summed E-state index contributed by atoms with van der Waals surface area (Å²) >= 11 is 0. The van der Waals surface area contributed by atoms with E-state index >= 15 is 0 Å². The van der Waals surface area contributed by atoms with Gasteiger partial charge in [-0.15, -0.1) is 10.2 Å². The first kappa shape index (κ1) is 17.7. The van der Waals surface area contributed by atoms with Gasteiger partial charge in [0.2, 0.25) is 5.88 Å². The van der Waals surface area contributed by atoms with Crippen molar-refractivity contribution in [2.24, 2.45) is 0 Å². The topological polar surface area (TPSA) is 52.8 Å². The first-order chi connectivity index (χ1) is 13.1. The zero-order valence-electron chi connectivity index (χ0n) is 16.2. The molecule has 3 aromatic rings. The third kappa shape index (κ3) is 3.72. The minimum absolute atomic E-state index is 0.231. The van der Waals surface area contributed by atoms with E-state index in [1.165, 1.54) is 16.8 Å². The van der Waals surface area contributed by atoms with E-state index in [1.54, 1.807) is 6.20 Å². The molecule has 0 spiro atoms. The van der Waals surface area contributed by atoms with Crippen LogP contribution in [0.1, 0.15) is 54.4 Å². The van der Waals surface area contributed by atoms with Crippen LogP contribution in [0.2, 0.25) is 0 Å². The Morgan fingerprint density at radius 2 is 1.78 bits per heavy atom. The molecule has 5 heteroatoms. The van der Waals surface area contributed by atoms with Crippen molar-refractivity contribution in [3.05, 3.63) is 65.4 Å². The fraction of sp³-hybridized carbons (Fsp3) is 0.409. The fourth-order valence-corrected chi connectivity index (χ4v) is 4.02. The van der Waals surface area contributed by atoms with E-state index in [0.29, 0.717) is 5.92 Å². The number of hydrogen-bond acceptors (Lipinski definition) is 4. The fourth-order valence-electron chi connectivity index (χ4n) is 4.02. The van der Waals surface area contributed by atoms with Crippen LogP contribution >= 0.6 is 0 Å². The average Bonchev–Trinajstić information content (AvgIpc) is 3.05. The molecule has 1 aliphatic carbocycles. The van der Waals surface area contributed by atoms with Gasteiger partial charge < -0.3 is 4.74 Å². The van der Waals surface area contributed by atoms with E-state index in [0.717, 1.165) is 43.2 Å². The molecular formula is C22H26N4O. The predicted molar refractivity (Wildman–Crippen MR) is 105 cm³/mol. The van der Waals surface area contributed by atoms with Gasteiger partial charge in [-0.3, -0.25) is 4.57 Å². The van der Waals surface area contributed by atoms with Gasteiger partial charge in [0, 0.05) is 18.2 Å². The van der Waals surface area contributed by atoms with E-state index in [1.807, 2.05) is 25.1 Å². The van der Waals surface area contributed by atoms with Crippen LogP contribution in [0, 0.1) is 20.8 Å². The third-order valence-corrected chi connectivity index (χ3v) is 5.41. The van der Waals surface area contributed by atoms with E-state index in [4.69, 9.17) is 4.74 Å². The van der Waals surface area contributed by atoms with E-state index in [9.17, 15) is 0 Å². The summed E-state index contributed by atoms with van der Waals surface area (Å²) in [6.07, 6.45) is 6.15. The van der Waals surface area contributed by atoms with Gasteiger partial charge in [0.15, 0.2) is 0 Å². The first-order valence-electron chi connectivity index (χ1n) is 9.69. The maximum Gasteiger partial charge on any atom is 0.213 e. The Morgan fingerprint density at radius 3 is 2.48 bits per heavy atom. The molecule has 5 nitrogen and oxygen atoms in total. The SMILES string of the molecule is Cc1ccc(-n2c(C)nnc2C2CCC(Oc3ccccn3)CC2)c(C)c1. The summed E-state index contributed by atoms with van der Waals surface area (Å²) in [5, 5.41) is 8.94. The van der Waals surface area contributed by atoms with E-state index in [-0.39, 0.29) is 6.10 Å². The summed E-state index contributed by atoms with van der Waals surface area (Å²) in [4.78, 5) is 4.28. The summed E-state index contributed by atoms with van der Waals surface area (Å²) in [6, 6.07) is 12.3. The van der Waals surface area contributed by atoms with Crippen LogP contribution in [-0.2, 0) is 0 Å². The van der Waals surface area contributed by atoms with Gasteiger partial charge in [0.25, 0.3) is 0 Å². The maximum atomic E-state index is 6.04. The van der Waals surface area contributed by atoms with Crippen LogP contribution in [-0.4, -0.2) is 25.9 Å². The largest absolute Gasteiger partial charge is 0.474 e. The van der Waals surface area contributed by atoms with Crippen LogP contribution in [0.5, 0.6) is 5.88 Å². The number of hydrogen-bond donors (Lipinski definition) is 0. The van der Waals surface area contributed by atoms with Gasteiger partial charge in [0.1, 0.15) is 17.8 Å². The van der Waals surface area contributed by atoms with Crippen molar-refractivity contribution >= 4 is 0 Å². The standard InChI is InChI=1S/C22H26N4O/c1-15-7-12-20(16(2)14-15)26-17(3)24-25-22(26)18-8-10-19(11-9-18)27-21-6-4-5-13-23-21/h4-7,12-14,18-19H,8-11H2,1-3H3. The number of aromatic nitrogens is 4. The number of rotatable bonds is 4. The number of benzene rings is 1. The van der Waals surface area contributed by atoms with Crippen molar-refractivity contribution < 1.29 is 4.74 Å². The highest BCUT2D eigenvalue weighted by Crippen LogP contribution is 2.35. The van der Waals surface area contributed by atoms with Crippen LogP contribution in [0.3, 0.4) is 0 Å². The van der Waals surface area contributed by atoms with Crippen molar-refractivity contribution in [2.75, 3.05) is 0 Å². The Labute approximate surface area is 160 Å². The monoisotopic (exact) mass is 362 g/mol. The minimum atomic E-state index is 0.231. The first-order valence-corrected chi connectivity index (χ1v) is 9.69. The Kier molecular flexibility index (Phi) is 4.92. The number of ether oxygens (including phenoxy) is 1. The average molecular weight is 362 g/mol. The zero-order chi connectivity index (χ0) is 18.8. The Morgan fingerprint density at radius 1 is 0.963 bits per heavy atom. The minimum Gasteiger partial charge on any atom is -0.474 e. The highest BCUT2D eigenvalue weighted by molar-refractivity contribution is 5.44. The van der Waals surface area contributed by atoms with Crippen LogP contribution in [0.4, 0.5) is 0 Å². The molecule has 1 aliphatic rings. The smallest absolute Gasteiger partial charge is 0.213 e. The highest BCUT2D eigenvalue weighted by atomic mass is 16.5. The second-order valence-corrected chi connectivity index (χ2v) is 7.49. The Balaban J connectivity index is 1.51. The summed E-state index contributed by atoms with van der Waals surface area (Å²) < 4.78 is 8.27. The molecule has 2 aromatic heterocycles. The molecule has 1 fully saturated rings.